The lowest BCUT2D eigenvalue weighted by atomic mass is 10.2. The molecule has 1 rings (SSSR count). The van der Waals surface area contributed by atoms with E-state index in [0.29, 0.717) is 13.0 Å². The zero-order chi connectivity index (χ0) is 17.1. The van der Waals surface area contributed by atoms with E-state index < -0.39 is 6.09 Å². The SMILES string of the molecule is CCOC(=O)CCCC(=O)N(Cc1ccccc1)C(=O)OCC. The molecule has 0 spiro atoms. The highest BCUT2D eigenvalue weighted by Gasteiger charge is 2.22. The maximum atomic E-state index is 12.3. The van der Waals surface area contributed by atoms with Gasteiger partial charge in [0.1, 0.15) is 0 Å². The summed E-state index contributed by atoms with van der Waals surface area (Å²) in [6.45, 7) is 4.07. The average molecular weight is 321 g/mol. The summed E-state index contributed by atoms with van der Waals surface area (Å²) in [5.74, 6) is -0.706. The first-order valence-electron chi connectivity index (χ1n) is 7.75. The molecule has 1 aromatic rings. The van der Waals surface area contributed by atoms with Crippen LogP contribution < -0.4 is 0 Å². The third-order valence-corrected chi connectivity index (χ3v) is 3.05. The number of rotatable bonds is 8. The van der Waals surface area contributed by atoms with E-state index in [9.17, 15) is 14.4 Å². The lowest BCUT2D eigenvalue weighted by molar-refractivity contribution is -0.143. The second-order valence-electron chi connectivity index (χ2n) is 4.82. The van der Waals surface area contributed by atoms with Crippen LogP contribution in [0.25, 0.3) is 0 Å². The standard InChI is InChI=1S/C17H23NO5/c1-3-22-16(20)12-8-11-15(19)18(17(21)23-4-2)13-14-9-6-5-7-10-14/h5-7,9-10H,3-4,8,11-13H2,1-2H3. The average Bonchev–Trinajstić information content (AvgIpc) is 2.54. The van der Waals surface area contributed by atoms with Gasteiger partial charge in [0.05, 0.1) is 19.8 Å². The molecule has 0 bridgehead atoms. The van der Waals surface area contributed by atoms with Gasteiger partial charge in [-0.1, -0.05) is 30.3 Å². The maximum Gasteiger partial charge on any atom is 0.416 e. The Morgan fingerprint density at radius 2 is 1.61 bits per heavy atom. The Kier molecular flexibility index (Phi) is 8.42. The maximum absolute atomic E-state index is 12.3. The van der Waals surface area contributed by atoms with E-state index in [1.54, 1.807) is 13.8 Å². The van der Waals surface area contributed by atoms with Crippen LogP contribution in [0.15, 0.2) is 30.3 Å². The van der Waals surface area contributed by atoms with E-state index in [0.717, 1.165) is 10.5 Å². The highest BCUT2D eigenvalue weighted by molar-refractivity contribution is 5.92. The number of ether oxygens (including phenoxy) is 2. The second-order valence-corrected chi connectivity index (χ2v) is 4.82. The van der Waals surface area contributed by atoms with Crippen molar-refractivity contribution in [3.63, 3.8) is 0 Å². The lowest BCUT2D eigenvalue weighted by Crippen LogP contribution is -2.36. The number of hydrogen-bond donors (Lipinski definition) is 0. The van der Waals surface area contributed by atoms with Crippen LogP contribution in [0.5, 0.6) is 0 Å². The van der Waals surface area contributed by atoms with Crippen LogP contribution in [0.3, 0.4) is 0 Å². The van der Waals surface area contributed by atoms with Gasteiger partial charge in [-0.25, -0.2) is 9.69 Å². The van der Waals surface area contributed by atoms with Gasteiger partial charge in [-0.15, -0.1) is 0 Å². The number of carbonyl (C=O) groups excluding carboxylic acids is 3. The summed E-state index contributed by atoms with van der Waals surface area (Å²) >= 11 is 0. The fourth-order valence-electron chi connectivity index (χ4n) is 1.97. The van der Waals surface area contributed by atoms with Gasteiger partial charge in [0.25, 0.3) is 0 Å². The minimum absolute atomic E-state index is 0.0878. The summed E-state index contributed by atoms with van der Waals surface area (Å²) in [6.07, 6.45) is -0.0912. The minimum Gasteiger partial charge on any atom is -0.466 e. The summed E-state index contributed by atoms with van der Waals surface area (Å²) in [7, 11) is 0. The molecule has 0 unspecified atom stereocenters. The Morgan fingerprint density at radius 3 is 2.22 bits per heavy atom. The number of nitrogens with zero attached hydrogens (tertiary/aromatic N) is 1. The van der Waals surface area contributed by atoms with Crippen molar-refractivity contribution in [3.05, 3.63) is 35.9 Å². The van der Waals surface area contributed by atoms with E-state index in [-0.39, 0.29) is 37.9 Å². The molecule has 0 fully saturated rings. The van der Waals surface area contributed by atoms with E-state index in [1.165, 1.54) is 0 Å². The van der Waals surface area contributed by atoms with Crippen molar-refractivity contribution < 1.29 is 23.9 Å². The van der Waals surface area contributed by atoms with Crippen LogP contribution in [0.2, 0.25) is 0 Å². The Bertz CT molecular complexity index is 515. The number of amides is 2. The molecule has 0 aliphatic heterocycles. The van der Waals surface area contributed by atoms with Crippen molar-refractivity contribution in [1.82, 2.24) is 4.90 Å². The van der Waals surface area contributed by atoms with Crippen molar-refractivity contribution >= 4 is 18.0 Å². The molecule has 6 nitrogen and oxygen atoms in total. The Balaban J connectivity index is 2.62. The molecule has 0 N–H and O–H groups in total. The Morgan fingerprint density at radius 1 is 0.957 bits per heavy atom. The fraction of sp³-hybridized carbons (Fsp3) is 0.471. The molecule has 0 aliphatic carbocycles. The molecular formula is C17H23NO5. The van der Waals surface area contributed by atoms with Crippen LogP contribution >= 0.6 is 0 Å². The largest absolute Gasteiger partial charge is 0.466 e. The molecule has 0 radical (unpaired) electrons. The molecule has 23 heavy (non-hydrogen) atoms. The Hall–Kier alpha value is -2.37. The third kappa shape index (κ3) is 6.95. The lowest BCUT2D eigenvalue weighted by Gasteiger charge is -2.20. The zero-order valence-corrected chi connectivity index (χ0v) is 13.6. The van der Waals surface area contributed by atoms with E-state index in [2.05, 4.69) is 0 Å². The molecule has 126 valence electrons. The molecule has 0 heterocycles. The van der Waals surface area contributed by atoms with Gasteiger partial charge >= 0.3 is 12.1 Å². The number of carbonyl (C=O) groups is 3. The molecule has 0 saturated heterocycles. The van der Waals surface area contributed by atoms with Crippen LogP contribution in [-0.4, -0.2) is 36.1 Å². The number of hydrogen-bond acceptors (Lipinski definition) is 5. The number of esters is 1. The highest BCUT2D eigenvalue weighted by atomic mass is 16.6. The van der Waals surface area contributed by atoms with Gasteiger partial charge in [0.2, 0.25) is 5.91 Å². The molecular weight excluding hydrogens is 298 g/mol. The van der Waals surface area contributed by atoms with Crippen molar-refractivity contribution in [2.45, 2.75) is 39.7 Å². The van der Waals surface area contributed by atoms with Gasteiger partial charge in [0, 0.05) is 12.8 Å². The van der Waals surface area contributed by atoms with Crippen molar-refractivity contribution in [2.24, 2.45) is 0 Å². The van der Waals surface area contributed by atoms with Crippen LogP contribution in [-0.2, 0) is 25.6 Å². The topological polar surface area (TPSA) is 72.9 Å². The van der Waals surface area contributed by atoms with Crippen LogP contribution in [0.4, 0.5) is 4.79 Å². The predicted molar refractivity (Wildman–Crippen MR) is 84.5 cm³/mol. The molecule has 0 aliphatic rings. The van der Waals surface area contributed by atoms with Crippen LogP contribution in [0, 0.1) is 0 Å². The molecule has 0 saturated carbocycles. The summed E-state index contributed by atoms with van der Waals surface area (Å²) in [6, 6.07) is 9.20. The molecule has 6 heteroatoms. The molecule has 1 aromatic carbocycles. The van der Waals surface area contributed by atoms with Crippen molar-refractivity contribution in [3.8, 4) is 0 Å². The zero-order valence-electron chi connectivity index (χ0n) is 13.6. The predicted octanol–water partition coefficient (Wildman–Crippen LogP) is 2.91. The quantitative estimate of drug-likeness (QED) is 0.688. The molecule has 0 aromatic heterocycles. The monoisotopic (exact) mass is 321 g/mol. The second kappa shape index (κ2) is 10.4. The molecule has 2 amide bonds. The fourth-order valence-corrected chi connectivity index (χ4v) is 1.97. The summed E-state index contributed by atoms with van der Waals surface area (Å²) in [4.78, 5) is 36.6. The van der Waals surface area contributed by atoms with E-state index in [1.807, 2.05) is 30.3 Å². The highest BCUT2D eigenvalue weighted by Crippen LogP contribution is 2.10. The van der Waals surface area contributed by atoms with Gasteiger partial charge < -0.3 is 9.47 Å². The Labute approximate surface area is 136 Å². The first-order valence-corrected chi connectivity index (χ1v) is 7.75. The normalized spacial score (nSPS) is 10.0. The summed E-state index contributed by atoms with van der Waals surface area (Å²) in [5.41, 5.74) is 0.833. The minimum atomic E-state index is -0.669. The third-order valence-electron chi connectivity index (χ3n) is 3.05. The number of imide groups is 1. The van der Waals surface area contributed by atoms with Crippen molar-refractivity contribution in [1.29, 1.82) is 0 Å². The van der Waals surface area contributed by atoms with Gasteiger partial charge in [-0.2, -0.15) is 0 Å². The van der Waals surface area contributed by atoms with Gasteiger partial charge in [0.15, 0.2) is 0 Å². The first kappa shape index (κ1) is 18.7. The van der Waals surface area contributed by atoms with E-state index in [4.69, 9.17) is 9.47 Å². The van der Waals surface area contributed by atoms with Crippen molar-refractivity contribution in [2.75, 3.05) is 13.2 Å². The smallest absolute Gasteiger partial charge is 0.416 e. The first-order chi connectivity index (χ1) is 11.1. The van der Waals surface area contributed by atoms with E-state index >= 15 is 0 Å². The number of benzene rings is 1. The van der Waals surface area contributed by atoms with Gasteiger partial charge in [-0.05, 0) is 25.8 Å². The summed E-state index contributed by atoms with van der Waals surface area (Å²) in [5, 5.41) is 0. The molecule has 0 atom stereocenters. The van der Waals surface area contributed by atoms with Gasteiger partial charge in [-0.3, -0.25) is 9.59 Å². The van der Waals surface area contributed by atoms with Crippen LogP contribution in [0.1, 0.15) is 38.7 Å². The summed E-state index contributed by atoms with van der Waals surface area (Å²) < 4.78 is 9.75.